The molecule has 1 aliphatic carbocycles. The molecule has 0 bridgehead atoms. The van der Waals surface area contributed by atoms with Crippen LogP contribution in [0.1, 0.15) is 46.5 Å². The summed E-state index contributed by atoms with van der Waals surface area (Å²) in [6.07, 6.45) is 3.32. The van der Waals surface area contributed by atoms with Gasteiger partial charge in [0.05, 0.1) is 6.61 Å². The van der Waals surface area contributed by atoms with Gasteiger partial charge in [-0.25, -0.2) is 9.78 Å². The fourth-order valence-corrected chi connectivity index (χ4v) is 4.57. The third-order valence-corrected chi connectivity index (χ3v) is 6.15. The molecule has 2 saturated heterocycles. The third kappa shape index (κ3) is 2.43. The topological polar surface area (TPSA) is 57.2 Å². The maximum atomic E-state index is 10.0. The zero-order chi connectivity index (χ0) is 15.3. The molecule has 2 heterocycles. The van der Waals surface area contributed by atoms with Gasteiger partial charge in [0.15, 0.2) is 12.1 Å². The molecule has 5 nitrogen and oxygen atoms in total. The molecule has 5 heteroatoms. The van der Waals surface area contributed by atoms with Crippen LogP contribution in [0.25, 0.3) is 0 Å². The van der Waals surface area contributed by atoms with Gasteiger partial charge in [-0.3, -0.25) is 0 Å². The smallest absolute Gasteiger partial charge is 0.198 e. The van der Waals surface area contributed by atoms with E-state index in [0.717, 1.165) is 19.3 Å². The average molecular weight is 300 g/mol. The predicted molar refractivity (Wildman–Crippen MR) is 76.0 cm³/mol. The first-order valence-corrected chi connectivity index (χ1v) is 8.13. The number of ether oxygens (including phenoxy) is 2. The van der Waals surface area contributed by atoms with Crippen molar-refractivity contribution in [2.24, 2.45) is 23.7 Å². The number of hydrogen-bond acceptors (Lipinski definition) is 5. The maximum Gasteiger partial charge on any atom is 0.198 e. The van der Waals surface area contributed by atoms with Crippen LogP contribution >= 0.6 is 0 Å². The van der Waals surface area contributed by atoms with E-state index in [-0.39, 0.29) is 11.8 Å². The quantitative estimate of drug-likeness (QED) is 0.754. The molecule has 1 N–H and O–H groups in total. The van der Waals surface area contributed by atoms with E-state index in [9.17, 15) is 5.11 Å². The summed E-state index contributed by atoms with van der Waals surface area (Å²) in [6, 6.07) is 0. The van der Waals surface area contributed by atoms with Gasteiger partial charge in [-0.15, -0.1) is 0 Å². The minimum Gasteiger partial charge on any atom is -0.368 e. The van der Waals surface area contributed by atoms with E-state index in [1.54, 1.807) is 7.11 Å². The summed E-state index contributed by atoms with van der Waals surface area (Å²) in [6.45, 7) is 6.66. The van der Waals surface area contributed by atoms with Gasteiger partial charge in [0, 0.05) is 25.4 Å². The summed E-state index contributed by atoms with van der Waals surface area (Å²) in [5, 5.41) is 10.0. The van der Waals surface area contributed by atoms with Crippen molar-refractivity contribution in [3.8, 4) is 0 Å². The van der Waals surface area contributed by atoms with Crippen LogP contribution in [0.3, 0.4) is 0 Å². The van der Waals surface area contributed by atoms with Crippen LogP contribution in [0.2, 0.25) is 0 Å². The summed E-state index contributed by atoms with van der Waals surface area (Å²) in [5.41, 5.74) is -0.452. The molecule has 7 atom stereocenters. The molecule has 0 aromatic heterocycles. The molecule has 1 saturated carbocycles. The van der Waals surface area contributed by atoms with Crippen LogP contribution in [0.15, 0.2) is 0 Å². The van der Waals surface area contributed by atoms with Crippen molar-refractivity contribution in [2.45, 2.75) is 64.1 Å². The molecule has 0 radical (unpaired) electrons. The largest absolute Gasteiger partial charge is 0.368 e. The molecule has 0 aromatic carbocycles. The standard InChI is InChI=1S/C16H28O5/c1-10-5-6-13-11(2)14(17)19-9-16(13)12(10)7-8-15(3,18-4)20-21-16/h10-14,17H,5-9H2,1-4H3/t10-,11-,12?,13?,14?,15-,16-/m1/s1. The Kier molecular flexibility index (Phi) is 4.08. The Morgan fingerprint density at radius 1 is 1.10 bits per heavy atom. The van der Waals surface area contributed by atoms with Crippen LogP contribution in [-0.4, -0.2) is 36.5 Å². The summed E-state index contributed by atoms with van der Waals surface area (Å²) >= 11 is 0. The van der Waals surface area contributed by atoms with E-state index in [0.29, 0.717) is 18.4 Å². The van der Waals surface area contributed by atoms with E-state index in [1.807, 2.05) is 13.8 Å². The molecule has 3 unspecified atom stereocenters. The minimum atomic E-state index is -0.699. The summed E-state index contributed by atoms with van der Waals surface area (Å²) in [5.74, 6) is 0.569. The van der Waals surface area contributed by atoms with Gasteiger partial charge in [0.25, 0.3) is 0 Å². The highest BCUT2D eigenvalue weighted by Crippen LogP contribution is 2.54. The number of rotatable bonds is 1. The summed E-state index contributed by atoms with van der Waals surface area (Å²) in [4.78, 5) is 11.8. The van der Waals surface area contributed by atoms with Crippen LogP contribution < -0.4 is 0 Å². The van der Waals surface area contributed by atoms with Crippen LogP contribution in [0, 0.1) is 23.7 Å². The SMILES string of the molecule is CO[C@@]1(C)CCC2[C@H](C)CCC3[C@@H](C)C(O)OC[C@]32OO1. The van der Waals surface area contributed by atoms with Crippen LogP contribution in [0.5, 0.6) is 0 Å². The monoisotopic (exact) mass is 300 g/mol. The third-order valence-electron chi connectivity index (χ3n) is 6.15. The zero-order valence-corrected chi connectivity index (χ0v) is 13.5. The van der Waals surface area contributed by atoms with E-state index in [2.05, 4.69) is 6.92 Å². The number of hydrogen-bond donors (Lipinski definition) is 1. The van der Waals surface area contributed by atoms with Crippen LogP contribution in [-0.2, 0) is 19.2 Å². The van der Waals surface area contributed by atoms with Crippen molar-refractivity contribution in [1.29, 1.82) is 0 Å². The number of methoxy groups -OCH3 is 1. The molecule has 3 aliphatic rings. The highest BCUT2D eigenvalue weighted by atomic mass is 17.2. The van der Waals surface area contributed by atoms with Crippen molar-refractivity contribution in [3.63, 3.8) is 0 Å². The second kappa shape index (κ2) is 5.46. The lowest BCUT2D eigenvalue weighted by molar-refractivity contribution is -0.481. The Hall–Kier alpha value is -0.200. The average Bonchev–Trinajstić information content (AvgIpc) is 2.63. The lowest BCUT2D eigenvalue weighted by atomic mass is 9.58. The van der Waals surface area contributed by atoms with Gasteiger partial charge in [-0.2, -0.15) is 0 Å². The lowest BCUT2D eigenvalue weighted by Crippen LogP contribution is -2.62. The first-order valence-electron chi connectivity index (χ1n) is 8.13. The molecule has 3 fully saturated rings. The Balaban J connectivity index is 1.93. The van der Waals surface area contributed by atoms with Gasteiger partial charge in [-0.05, 0) is 38.0 Å². The van der Waals surface area contributed by atoms with Gasteiger partial charge in [0.2, 0.25) is 0 Å². The van der Waals surface area contributed by atoms with Crippen molar-refractivity contribution >= 4 is 0 Å². The summed E-state index contributed by atoms with van der Waals surface area (Å²) in [7, 11) is 1.65. The number of aliphatic hydroxyl groups is 1. The Labute approximate surface area is 126 Å². The highest BCUT2D eigenvalue weighted by Gasteiger charge is 2.60. The molecular weight excluding hydrogens is 272 g/mol. The van der Waals surface area contributed by atoms with E-state index < -0.39 is 17.7 Å². The van der Waals surface area contributed by atoms with Crippen molar-refractivity contribution in [1.82, 2.24) is 0 Å². The minimum absolute atomic E-state index is 0.0595. The van der Waals surface area contributed by atoms with Gasteiger partial charge in [-0.1, -0.05) is 13.8 Å². The molecule has 21 heavy (non-hydrogen) atoms. The molecule has 0 aromatic rings. The first-order chi connectivity index (χ1) is 9.92. The fourth-order valence-electron chi connectivity index (χ4n) is 4.57. The van der Waals surface area contributed by atoms with Gasteiger partial charge < -0.3 is 14.6 Å². The van der Waals surface area contributed by atoms with Crippen molar-refractivity contribution in [2.75, 3.05) is 13.7 Å². The first kappa shape index (κ1) is 15.7. The normalized spacial score (nSPS) is 54.4. The van der Waals surface area contributed by atoms with E-state index in [1.165, 1.54) is 6.42 Å². The van der Waals surface area contributed by atoms with Gasteiger partial charge in [0.1, 0.15) is 5.60 Å². The second-order valence-electron chi connectivity index (χ2n) is 7.33. The molecule has 3 rings (SSSR count). The zero-order valence-electron chi connectivity index (χ0n) is 13.5. The van der Waals surface area contributed by atoms with E-state index >= 15 is 0 Å². The Morgan fingerprint density at radius 3 is 2.57 bits per heavy atom. The molecule has 2 aliphatic heterocycles. The number of aliphatic hydroxyl groups excluding tert-OH is 1. The predicted octanol–water partition coefficient (Wildman–Crippen LogP) is 2.48. The summed E-state index contributed by atoms with van der Waals surface area (Å²) < 4.78 is 11.1. The molecule has 122 valence electrons. The van der Waals surface area contributed by atoms with Gasteiger partial charge >= 0.3 is 0 Å². The van der Waals surface area contributed by atoms with Crippen molar-refractivity contribution in [3.05, 3.63) is 0 Å². The molecular formula is C16H28O5. The highest BCUT2D eigenvalue weighted by molar-refractivity contribution is 5.04. The molecule has 0 amide bonds. The Morgan fingerprint density at radius 2 is 1.86 bits per heavy atom. The second-order valence-corrected chi connectivity index (χ2v) is 7.33. The lowest BCUT2D eigenvalue weighted by Gasteiger charge is -2.54. The fraction of sp³-hybridized carbons (Fsp3) is 1.00. The molecule has 1 spiro atoms. The van der Waals surface area contributed by atoms with Crippen LogP contribution in [0.4, 0.5) is 0 Å². The maximum absolute atomic E-state index is 10.0. The van der Waals surface area contributed by atoms with Crippen molar-refractivity contribution < 1.29 is 24.4 Å². The Bertz CT molecular complexity index is 389. The van der Waals surface area contributed by atoms with E-state index in [4.69, 9.17) is 19.2 Å².